The number of fused-ring (bicyclic) bond motifs is 10. The van der Waals surface area contributed by atoms with Crippen molar-refractivity contribution in [3.05, 3.63) is 255 Å². The summed E-state index contributed by atoms with van der Waals surface area (Å²) in [5.74, 6) is 0. The Morgan fingerprint density at radius 3 is 1.39 bits per heavy atom. The standard InChI is InChI=1S/C68H42N2/c1-3-16-44(17-4-1)57-42-56(66(47-19-5-2-6-20-47)68-55-28-14-23-46-22-13-27-54(65(46)55)67(57)68)45-32-36-50(37-33-45)69-61-29-11-9-25-52(61)58-40-48(34-38-63(58)69)49-35-39-64-59(41-49)53-26-10-12-30-62(53)70(64)60-31-15-21-43-18-7-8-24-51(43)60/h1-42H. The molecule has 12 aromatic carbocycles. The number of benzene rings is 12. The van der Waals surface area contributed by atoms with Gasteiger partial charge < -0.3 is 9.13 Å². The molecule has 0 bridgehead atoms. The molecule has 1 aliphatic rings. The van der Waals surface area contributed by atoms with E-state index in [9.17, 15) is 0 Å². The molecular formula is C68H42N2. The maximum Gasteiger partial charge on any atom is 0.0541 e. The summed E-state index contributed by atoms with van der Waals surface area (Å²) < 4.78 is 4.88. The first-order chi connectivity index (χ1) is 34.7. The number of aromatic nitrogens is 2. The first-order valence-electron chi connectivity index (χ1n) is 24.3. The molecule has 0 atom stereocenters. The highest BCUT2D eigenvalue weighted by atomic mass is 15.0. The van der Waals surface area contributed by atoms with Gasteiger partial charge in [-0.25, -0.2) is 0 Å². The van der Waals surface area contributed by atoms with E-state index in [1.165, 1.54) is 138 Å². The minimum atomic E-state index is 1.13. The van der Waals surface area contributed by atoms with Gasteiger partial charge in [0.25, 0.3) is 0 Å². The molecule has 1 aliphatic carbocycles. The summed E-state index contributed by atoms with van der Waals surface area (Å²) in [6, 6.07) is 94.2. The van der Waals surface area contributed by atoms with Gasteiger partial charge in [0.05, 0.1) is 27.8 Å². The molecule has 2 nitrogen and oxygen atoms in total. The molecule has 0 N–H and O–H groups in total. The van der Waals surface area contributed by atoms with Crippen LogP contribution in [0.5, 0.6) is 0 Å². The van der Waals surface area contributed by atoms with Crippen molar-refractivity contribution in [2.24, 2.45) is 0 Å². The molecule has 0 saturated heterocycles. The molecule has 2 heteroatoms. The van der Waals surface area contributed by atoms with Gasteiger partial charge in [-0.05, 0) is 144 Å². The average molecular weight is 887 g/mol. The molecule has 2 aromatic heterocycles. The average Bonchev–Trinajstić information content (AvgIpc) is 4.07. The number of hydrogen-bond donors (Lipinski definition) is 0. The quantitative estimate of drug-likeness (QED) is 0.157. The van der Waals surface area contributed by atoms with Gasteiger partial charge >= 0.3 is 0 Å². The molecule has 0 fully saturated rings. The van der Waals surface area contributed by atoms with Crippen LogP contribution in [-0.2, 0) is 0 Å². The Labute approximate surface area is 405 Å². The lowest BCUT2D eigenvalue weighted by Gasteiger charge is -2.21. The smallest absolute Gasteiger partial charge is 0.0541 e. The summed E-state index contributed by atoms with van der Waals surface area (Å²) in [5, 5.41) is 10.1. The van der Waals surface area contributed by atoms with E-state index in [0.717, 1.165) is 5.69 Å². The zero-order chi connectivity index (χ0) is 45.9. The monoisotopic (exact) mass is 886 g/mol. The van der Waals surface area contributed by atoms with Gasteiger partial charge in [-0.3, -0.25) is 0 Å². The van der Waals surface area contributed by atoms with E-state index in [0.29, 0.717) is 0 Å². The minimum Gasteiger partial charge on any atom is -0.309 e. The molecule has 0 radical (unpaired) electrons. The molecule has 14 aromatic rings. The summed E-state index contributed by atoms with van der Waals surface area (Å²) in [6.45, 7) is 0. The van der Waals surface area contributed by atoms with Gasteiger partial charge in [-0.2, -0.15) is 0 Å². The molecule has 324 valence electrons. The summed E-state index contributed by atoms with van der Waals surface area (Å²) >= 11 is 0. The maximum atomic E-state index is 2.46. The summed E-state index contributed by atoms with van der Waals surface area (Å²) in [4.78, 5) is 0. The number of nitrogens with zero attached hydrogens (tertiary/aromatic N) is 2. The number of hydrogen-bond acceptors (Lipinski definition) is 0. The molecule has 0 unspecified atom stereocenters. The normalized spacial score (nSPS) is 12.0. The van der Waals surface area contributed by atoms with Crippen LogP contribution in [-0.4, -0.2) is 9.13 Å². The van der Waals surface area contributed by atoms with Crippen LogP contribution in [0.4, 0.5) is 0 Å². The topological polar surface area (TPSA) is 9.86 Å². The first kappa shape index (κ1) is 38.8. The van der Waals surface area contributed by atoms with Crippen LogP contribution < -0.4 is 0 Å². The van der Waals surface area contributed by atoms with Crippen LogP contribution in [0.25, 0.3) is 143 Å². The second kappa shape index (κ2) is 15.1. The minimum absolute atomic E-state index is 1.13. The molecule has 0 spiro atoms. The molecule has 2 heterocycles. The lowest BCUT2D eigenvalue weighted by molar-refractivity contribution is 1.18. The fourth-order valence-electron chi connectivity index (χ4n) is 12.0. The Hall–Kier alpha value is -9.24. The Bertz CT molecular complexity index is 4430. The fourth-order valence-corrected chi connectivity index (χ4v) is 12.0. The molecule has 0 saturated carbocycles. The van der Waals surface area contributed by atoms with E-state index in [-0.39, 0.29) is 0 Å². The van der Waals surface area contributed by atoms with Crippen LogP contribution in [0.3, 0.4) is 0 Å². The second-order valence-corrected chi connectivity index (χ2v) is 18.8. The van der Waals surface area contributed by atoms with Gasteiger partial charge in [0.15, 0.2) is 0 Å². The van der Waals surface area contributed by atoms with Gasteiger partial charge in [-0.1, -0.05) is 194 Å². The van der Waals surface area contributed by atoms with E-state index in [1.54, 1.807) is 0 Å². The van der Waals surface area contributed by atoms with Crippen molar-refractivity contribution in [3.8, 4) is 78.1 Å². The van der Waals surface area contributed by atoms with Crippen LogP contribution in [0.1, 0.15) is 0 Å². The third-order valence-corrected chi connectivity index (χ3v) is 15.0. The molecular weight excluding hydrogens is 845 g/mol. The van der Waals surface area contributed by atoms with Gasteiger partial charge in [-0.15, -0.1) is 0 Å². The number of rotatable bonds is 6. The van der Waals surface area contributed by atoms with Crippen molar-refractivity contribution in [1.82, 2.24) is 9.13 Å². The summed E-state index contributed by atoms with van der Waals surface area (Å²) in [6.07, 6.45) is 0. The predicted molar refractivity (Wildman–Crippen MR) is 296 cm³/mol. The lowest BCUT2D eigenvalue weighted by atomic mass is 9.82. The molecule has 0 aliphatic heterocycles. The first-order valence-corrected chi connectivity index (χ1v) is 24.3. The van der Waals surface area contributed by atoms with Crippen molar-refractivity contribution >= 4 is 65.2 Å². The van der Waals surface area contributed by atoms with Crippen molar-refractivity contribution in [2.75, 3.05) is 0 Å². The van der Waals surface area contributed by atoms with Crippen molar-refractivity contribution in [3.63, 3.8) is 0 Å². The third-order valence-electron chi connectivity index (χ3n) is 15.0. The highest BCUT2D eigenvalue weighted by Gasteiger charge is 2.30. The molecule has 70 heavy (non-hydrogen) atoms. The third kappa shape index (κ3) is 5.68. The van der Waals surface area contributed by atoms with E-state index in [4.69, 9.17) is 0 Å². The van der Waals surface area contributed by atoms with Crippen LogP contribution >= 0.6 is 0 Å². The van der Waals surface area contributed by atoms with E-state index in [1.807, 2.05) is 0 Å². The van der Waals surface area contributed by atoms with Crippen LogP contribution in [0.15, 0.2) is 255 Å². The Balaban J connectivity index is 0.880. The van der Waals surface area contributed by atoms with E-state index >= 15 is 0 Å². The zero-order valence-corrected chi connectivity index (χ0v) is 38.1. The lowest BCUT2D eigenvalue weighted by Crippen LogP contribution is -1.96. The van der Waals surface area contributed by atoms with Crippen LogP contribution in [0, 0.1) is 0 Å². The maximum absolute atomic E-state index is 2.46. The van der Waals surface area contributed by atoms with Crippen molar-refractivity contribution in [2.45, 2.75) is 0 Å². The zero-order valence-electron chi connectivity index (χ0n) is 38.1. The summed E-state index contributed by atoms with van der Waals surface area (Å²) in [5.41, 5.74) is 22.1. The summed E-state index contributed by atoms with van der Waals surface area (Å²) in [7, 11) is 0. The second-order valence-electron chi connectivity index (χ2n) is 18.8. The Morgan fingerprint density at radius 2 is 0.700 bits per heavy atom. The van der Waals surface area contributed by atoms with Crippen molar-refractivity contribution in [1.29, 1.82) is 0 Å². The highest BCUT2D eigenvalue weighted by Crippen LogP contribution is 2.57. The number of para-hydroxylation sites is 2. The molecule has 0 amide bonds. The largest absolute Gasteiger partial charge is 0.309 e. The highest BCUT2D eigenvalue weighted by molar-refractivity contribution is 6.23. The van der Waals surface area contributed by atoms with Gasteiger partial charge in [0.1, 0.15) is 0 Å². The Morgan fingerprint density at radius 1 is 0.229 bits per heavy atom. The van der Waals surface area contributed by atoms with Gasteiger partial charge in [0.2, 0.25) is 0 Å². The Kier molecular flexibility index (Phi) is 8.39. The predicted octanol–water partition coefficient (Wildman–Crippen LogP) is 18.5. The van der Waals surface area contributed by atoms with Gasteiger partial charge in [0, 0.05) is 32.6 Å². The van der Waals surface area contributed by atoms with Crippen molar-refractivity contribution < 1.29 is 0 Å². The van der Waals surface area contributed by atoms with E-state index in [2.05, 4.69) is 264 Å². The van der Waals surface area contributed by atoms with E-state index < -0.39 is 0 Å². The fraction of sp³-hybridized carbons (Fsp3) is 0. The molecule has 15 rings (SSSR count). The SMILES string of the molecule is c1ccc(-c2cc(-c3ccc(-n4c5ccccc5c5cc(-c6ccc7c(c6)c6ccccc6n7-c6cccc7ccccc67)ccc54)cc3)c(-c3ccccc3)c3c2-c2cccc4cccc-3c24)cc1. The van der Waals surface area contributed by atoms with Crippen LogP contribution in [0.2, 0.25) is 0 Å².